The molecule has 1 aromatic rings. The van der Waals surface area contributed by atoms with Gasteiger partial charge in [-0.2, -0.15) is 0 Å². The number of hydrogen-bond acceptors (Lipinski definition) is 2. The average Bonchev–Trinajstić information content (AvgIpc) is 2.26. The largest absolute Gasteiger partial charge is 0.356 e. The summed E-state index contributed by atoms with van der Waals surface area (Å²) in [6.07, 6.45) is 0.0746. The van der Waals surface area contributed by atoms with Gasteiger partial charge in [-0.05, 0) is 11.6 Å². The summed E-state index contributed by atoms with van der Waals surface area (Å²) in [5.74, 6) is -0.270. The number of halogens is 1. The Labute approximate surface area is 89.3 Å². The van der Waals surface area contributed by atoms with Crippen LogP contribution >= 0.6 is 0 Å². The quantitative estimate of drug-likeness (QED) is 0.696. The first-order chi connectivity index (χ1) is 7.19. The highest BCUT2D eigenvalue weighted by Crippen LogP contribution is 2.21. The molecule has 0 aliphatic heterocycles. The molecule has 0 unspecified atom stereocenters. The summed E-state index contributed by atoms with van der Waals surface area (Å²) >= 11 is 0. The maximum absolute atomic E-state index is 13.4. The molecule has 0 N–H and O–H groups in total. The third-order valence-electron chi connectivity index (χ3n) is 2.19. The molecule has 0 radical (unpaired) electrons. The highest BCUT2D eigenvalue weighted by molar-refractivity contribution is 5.63. The lowest BCUT2D eigenvalue weighted by Crippen LogP contribution is -2.13. The highest BCUT2D eigenvalue weighted by atomic mass is 19.1. The van der Waals surface area contributed by atoms with Crippen molar-refractivity contribution in [1.82, 2.24) is 0 Å². The van der Waals surface area contributed by atoms with E-state index in [1.54, 1.807) is 32.4 Å². The van der Waals surface area contributed by atoms with E-state index in [4.69, 9.17) is 9.47 Å². The Morgan fingerprint density at radius 2 is 1.93 bits per heavy atom. The second-order valence-corrected chi connectivity index (χ2v) is 3.19. The van der Waals surface area contributed by atoms with E-state index >= 15 is 0 Å². The van der Waals surface area contributed by atoms with Crippen molar-refractivity contribution in [3.05, 3.63) is 42.2 Å². The van der Waals surface area contributed by atoms with Crippen molar-refractivity contribution in [2.24, 2.45) is 0 Å². The Balaban J connectivity index is 2.73. The number of benzene rings is 1. The van der Waals surface area contributed by atoms with Gasteiger partial charge in [-0.1, -0.05) is 24.8 Å². The van der Waals surface area contributed by atoms with Crippen molar-refractivity contribution in [3.8, 4) is 0 Å². The molecule has 0 aliphatic carbocycles. The summed E-state index contributed by atoms with van der Waals surface area (Å²) in [6, 6.07) is 6.53. The molecule has 0 aromatic heterocycles. The molecule has 1 rings (SSSR count). The van der Waals surface area contributed by atoms with Crippen molar-refractivity contribution in [2.75, 3.05) is 14.2 Å². The third-order valence-corrected chi connectivity index (χ3v) is 2.19. The van der Waals surface area contributed by atoms with Gasteiger partial charge in [0.05, 0.1) is 0 Å². The first kappa shape index (κ1) is 11.9. The van der Waals surface area contributed by atoms with E-state index in [0.29, 0.717) is 17.6 Å². The SMILES string of the molecule is C=C(CC(OC)OC)c1ccccc1F. The van der Waals surface area contributed by atoms with Crippen LogP contribution in [-0.2, 0) is 9.47 Å². The third kappa shape index (κ3) is 3.15. The monoisotopic (exact) mass is 210 g/mol. The van der Waals surface area contributed by atoms with Gasteiger partial charge >= 0.3 is 0 Å². The van der Waals surface area contributed by atoms with Gasteiger partial charge in [0.15, 0.2) is 6.29 Å². The van der Waals surface area contributed by atoms with Crippen LogP contribution in [0.2, 0.25) is 0 Å². The van der Waals surface area contributed by atoms with Gasteiger partial charge in [-0.3, -0.25) is 0 Å². The van der Waals surface area contributed by atoms with Crippen molar-refractivity contribution >= 4 is 5.57 Å². The molecule has 0 fully saturated rings. The Morgan fingerprint density at radius 1 is 1.33 bits per heavy atom. The fourth-order valence-corrected chi connectivity index (χ4v) is 1.32. The van der Waals surface area contributed by atoms with E-state index in [-0.39, 0.29) is 12.1 Å². The fourth-order valence-electron chi connectivity index (χ4n) is 1.32. The molecule has 82 valence electrons. The molecule has 0 atom stereocenters. The lowest BCUT2D eigenvalue weighted by molar-refractivity contribution is -0.0971. The Kier molecular flexibility index (Phi) is 4.46. The van der Waals surface area contributed by atoms with Gasteiger partial charge in [-0.25, -0.2) is 4.39 Å². The molecule has 0 bridgehead atoms. The number of methoxy groups -OCH3 is 2. The predicted octanol–water partition coefficient (Wildman–Crippen LogP) is 2.85. The molecule has 3 heteroatoms. The minimum atomic E-state index is -0.378. The second-order valence-electron chi connectivity index (χ2n) is 3.19. The van der Waals surface area contributed by atoms with Crippen LogP contribution < -0.4 is 0 Å². The predicted molar refractivity (Wildman–Crippen MR) is 57.9 cm³/mol. The number of rotatable bonds is 5. The van der Waals surface area contributed by atoms with Crippen LogP contribution in [0.4, 0.5) is 4.39 Å². The topological polar surface area (TPSA) is 18.5 Å². The van der Waals surface area contributed by atoms with Gasteiger partial charge in [0.25, 0.3) is 0 Å². The van der Waals surface area contributed by atoms with Crippen molar-refractivity contribution in [1.29, 1.82) is 0 Å². The molecule has 0 saturated heterocycles. The second kappa shape index (κ2) is 5.63. The molecule has 0 spiro atoms. The molecule has 1 aromatic carbocycles. The van der Waals surface area contributed by atoms with Crippen LogP contribution in [0.3, 0.4) is 0 Å². The van der Waals surface area contributed by atoms with E-state index in [9.17, 15) is 4.39 Å². The van der Waals surface area contributed by atoms with E-state index in [0.717, 1.165) is 0 Å². The molecular weight excluding hydrogens is 195 g/mol. The summed E-state index contributed by atoms with van der Waals surface area (Å²) in [6.45, 7) is 3.82. The summed E-state index contributed by atoms with van der Waals surface area (Å²) in [4.78, 5) is 0. The maximum Gasteiger partial charge on any atom is 0.160 e. The molecule has 2 nitrogen and oxygen atoms in total. The van der Waals surface area contributed by atoms with Crippen molar-refractivity contribution in [2.45, 2.75) is 12.7 Å². The van der Waals surface area contributed by atoms with Gasteiger partial charge < -0.3 is 9.47 Å². The number of ether oxygens (including phenoxy) is 2. The standard InChI is InChI=1S/C12H15FO2/c1-9(8-12(14-2)15-3)10-6-4-5-7-11(10)13/h4-7,12H,1,8H2,2-3H3. The van der Waals surface area contributed by atoms with Crippen LogP contribution in [0.15, 0.2) is 30.8 Å². The molecule has 15 heavy (non-hydrogen) atoms. The molecule has 0 heterocycles. The lowest BCUT2D eigenvalue weighted by Gasteiger charge is -2.15. The highest BCUT2D eigenvalue weighted by Gasteiger charge is 2.11. The van der Waals surface area contributed by atoms with Crippen LogP contribution in [0.1, 0.15) is 12.0 Å². The summed E-state index contributed by atoms with van der Waals surface area (Å²) < 4.78 is 23.4. The molecular formula is C12H15FO2. The van der Waals surface area contributed by atoms with Crippen LogP contribution in [0.25, 0.3) is 5.57 Å². The Hall–Kier alpha value is -1.19. The summed E-state index contributed by atoms with van der Waals surface area (Å²) in [5.41, 5.74) is 1.18. The van der Waals surface area contributed by atoms with Gasteiger partial charge in [-0.15, -0.1) is 0 Å². The first-order valence-corrected chi connectivity index (χ1v) is 4.67. The fraction of sp³-hybridized carbons (Fsp3) is 0.333. The van der Waals surface area contributed by atoms with E-state index < -0.39 is 0 Å². The van der Waals surface area contributed by atoms with E-state index in [1.807, 2.05) is 0 Å². The van der Waals surface area contributed by atoms with E-state index in [2.05, 4.69) is 6.58 Å². The van der Waals surface area contributed by atoms with Gasteiger partial charge in [0.2, 0.25) is 0 Å². The van der Waals surface area contributed by atoms with Crippen molar-refractivity contribution < 1.29 is 13.9 Å². The van der Waals surface area contributed by atoms with E-state index in [1.165, 1.54) is 6.07 Å². The summed E-state index contributed by atoms with van der Waals surface area (Å²) in [7, 11) is 3.09. The zero-order chi connectivity index (χ0) is 11.3. The normalized spacial score (nSPS) is 10.7. The smallest absolute Gasteiger partial charge is 0.160 e. The van der Waals surface area contributed by atoms with Crippen molar-refractivity contribution in [3.63, 3.8) is 0 Å². The zero-order valence-electron chi connectivity index (χ0n) is 9.00. The average molecular weight is 210 g/mol. The van der Waals surface area contributed by atoms with Crippen LogP contribution in [-0.4, -0.2) is 20.5 Å². The van der Waals surface area contributed by atoms with Crippen LogP contribution in [0.5, 0.6) is 0 Å². The summed E-state index contributed by atoms with van der Waals surface area (Å²) in [5, 5.41) is 0. The molecule has 0 amide bonds. The Bertz CT molecular complexity index is 332. The van der Waals surface area contributed by atoms with Crippen LogP contribution in [0, 0.1) is 5.82 Å². The minimum absolute atomic E-state index is 0.270. The minimum Gasteiger partial charge on any atom is -0.356 e. The van der Waals surface area contributed by atoms with Gasteiger partial charge in [0.1, 0.15) is 5.82 Å². The Morgan fingerprint density at radius 3 is 2.47 bits per heavy atom. The zero-order valence-corrected chi connectivity index (χ0v) is 9.00. The first-order valence-electron chi connectivity index (χ1n) is 4.67. The number of hydrogen-bond donors (Lipinski definition) is 0. The molecule has 0 aliphatic rings. The maximum atomic E-state index is 13.4. The molecule has 0 saturated carbocycles. The van der Waals surface area contributed by atoms with Gasteiger partial charge in [0, 0.05) is 26.2 Å². The lowest BCUT2D eigenvalue weighted by atomic mass is 10.0.